The molecule has 0 aromatic carbocycles. The predicted molar refractivity (Wildman–Crippen MR) is 98.3 cm³/mol. The molecule has 2 aliphatic rings. The van der Waals surface area contributed by atoms with Gasteiger partial charge in [-0.3, -0.25) is 4.79 Å². The van der Waals surface area contributed by atoms with E-state index in [2.05, 4.69) is 22.4 Å². The molecule has 0 bridgehead atoms. The summed E-state index contributed by atoms with van der Waals surface area (Å²) < 4.78 is 5.48. The van der Waals surface area contributed by atoms with E-state index in [1.807, 2.05) is 11.8 Å². The first-order chi connectivity index (χ1) is 11.3. The van der Waals surface area contributed by atoms with Crippen LogP contribution < -0.4 is 0 Å². The van der Waals surface area contributed by atoms with Crippen molar-refractivity contribution in [2.24, 2.45) is 0 Å². The minimum absolute atomic E-state index is 0.338. The molecule has 3 rings (SSSR count). The Bertz CT molecular complexity index is 465. The molecule has 1 aliphatic carbocycles. The average Bonchev–Trinajstić information content (AvgIpc) is 3.28. The molecule has 3 nitrogen and oxygen atoms in total. The molecule has 0 atom stereocenters. The zero-order valence-corrected chi connectivity index (χ0v) is 15.4. The third-order valence-corrected chi connectivity index (χ3v) is 7.17. The molecule has 5 heteroatoms. The summed E-state index contributed by atoms with van der Waals surface area (Å²) in [4.78, 5) is 16.4. The Hall–Kier alpha value is -0.520. The lowest BCUT2D eigenvalue weighted by atomic mass is 10.1. The third-order valence-electron chi connectivity index (χ3n) is 4.88. The number of amides is 1. The van der Waals surface area contributed by atoms with E-state index in [0.717, 1.165) is 39.0 Å². The van der Waals surface area contributed by atoms with Crippen LogP contribution in [0.25, 0.3) is 0 Å². The highest BCUT2D eigenvalue weighted by Gasteiger charge is 2.26. The summed E-state index contributed by atoms with van der Waals surface area (Å²) in [5.41, 5.74) is 0. The van der Waals surface area contributed by atoms with Gasteiger partial charge in [0.2, 0.25) is 5.91 Å². The van der Waals surface area contributed by atoms with Crippen molar-refractivity contribution in [1.82, 2.24) is 4.90 Å². The minimum Gasteiger partial charge on any atom is -0.381 e. The molecule has 0 N–H and O–H groups in total. The van der Waals surface area contributed by atoms with Crippen molar-refractivity contribution in [2.45, 2.75) is 56.2 Å². The van der Waals surface area contributed by atoms with E-state index in [0.29, 0.717) is 23.0 Å². The Balaban J connectivity index is 1.54. The summed E-state index contributed by atoms with van der Waals surface area (Å²) in [7, 11) is 0. The molecule has 1 aromatic rings. The van der Waals surface area contributed by atoms with Crippen LogP contribution in [0.1, 0.15) is 43.4 Å². The van der Waals surface area contributed by atoms with Crippen LogP contribution >= 0.6 is 23.1 Å². The van der Waals surface area contributed by atoms with Gasteiger partial charge in [-0.1, -0.05) is 18.9 Å². The largest absolute Gasteiger partial charge is 0.381 e. The van der Waals surface area contributed by atoms with Gasteiger partial charge in [-0.2, -0.15) is 0 Å². The number of ether oxygens (including phenoxy) is 1. The van der Waals surface area contributed by atoms with Crippen LogP contribution in [0.2, 0.25) is 0 Å². The van der Waals surface area contributed by atoms with Gasteiger partial charge in [0.25, 0.3) is 0 Å². The molecular weight excluding hydrogens is 326 g/mol. The summed E-state index contributed by atoms with van der Waals surface area (Å²) in [6.45, 7) is 2.45. The lowest BCUT2D eigenvalue weighted by molar-refractivity contribution is -0.132. The van der Waals surface area contributed by atoms with Gasteiger partial charge >= 0.3 is 0 Å². The van der Waals surface area contributed by atoms with Gasteiger partial charge in [-0.25, -0.2) is 0 Å². The van der Waals surface area contributed by atoms with Crippen molar-refractivity contribution in [3.8, 4) is 0 Å². The summed E-state index contributed by atoms with van der Waals surface area (Å²) in [6, 6.07) is 4.64. The normalized spacial score (nSPS) is 20.0. The zero-order valence-electron chi connectivity index (χ0n) is 13.7. The van der Waals surface area contributed by atoms with E-state index >= 15 is 0 Å². The maximum absolute atomic E-state index is 12.8. The fraction of sp³-hybridized carbons (Fsp3) is 0.722. The van der Waals surface area contributed by atoms with E-state index in [9.17, 15) is 4.79 Å². The highest BCUT2D eigenvalue weighted by molar-refractivity contribution is 8.00. The number of carbonyl (C=O) groups excluding carboxylic acids is 1. The fourth-order valence-corrected chi connectivity index (χ4v) is 5.43. The maximum atomic E-state index is 12.8. The molecule has 1 saturated heterocycles. The number of hydrogen-bond donors (Lipinski definition) is 0. The molecule has 1 aliphatic heterocycles. The topological polar surface area (TPSA) is 29.5 Å². The molecular formula is C18H27NO2S2. The van der Waals surface area contributed by atoms with Crippen LogP contribution in [0.3, 0.4) is 0 Å². The van der Waals surface area contributed by atoms with Gasteiger partial charge in [0, 0.05) is 35.9 Å². The number of thiophene rings is 1. The molecule has 128 valence electrons. The summed E-state index contributed by atoms with van der Waals surface area (Å²) in [6.07, 6.45) is 8.24. The van der Waals surface area contributed by atoms with Crippen molar-refractivity contribution in [1.29, 1.82) is 0 Å². The fourth-order valence-electron chi connectivity index (χ4n) is 3.52. The Labute approximate surface area is 147 Å². The lowest BCUT2D eigenvalue weighted by Gasteiger charge is -2.34. The number of rotatable bonds is 7. The molecule has 2 fully saturated rings. The van der Waals surface area contributed by atoms with Crippen LogP contribution in [-0.2, 0) is 16.0 Å². The smallest absolute Gasteiger partial charge is 0.232 e. The van der Waals surface area contributed by atoms with Crippen LogP contribution in [0.4, 0.5) is 0 Å². The Morgan fingerprint density at radius 1 is 1.26 bits per heavy atom. The van der Waals surface area contributed by atoms with Gasteiger partial charge < -0.3 is 9.64 Å². The van der Waals surface area contributed by atoms with E-state index < -0.39 is 0 Å². The van der Waals surface area contributed by atoms with Crippen molar-refractivity contribution in [3.05, 3.63) is 22.4 Å². The Morgan fingerprint density at radius 3 is 2.74 bits per heavy atom. The van der Waals surface area contributed by atoms with E-state index in [4.69, 9.17) is 4.74 Å². The van der Waals surface area contributed by atoms with Crippen molar-refractivity contribution in [3.63, 3.8) is 0 Å². The second kappa shape index (κ2) is 9.09. The highest BCUT2D eigenvalue weighted by Crippen LogP contribution is 2.30. The molecule has 0 spiro atoms. The first-order valence-electron chi connectivity index (χ1n) is 8.84. The van der Waals surface area contributed by atoms with Gasteiger partial charge in [-0.15, -0.1) is 23.1 Å². The monoisotopic (exact) mass is 353 g/mol. The van der Waals surface area contributed by atoms with E-state index in [1.54, 1.807) is 11.3 Å². The molecule has 0 radical (unpaired) electrons. The Morgan fingerprint density at radius 2 is 2.04 bits per heavy atom. The number of nitrogens with zero attached hydrogens (tertiary/aromatic N) is 1. The highest BCUT2D eigenvalue weighted by atomic mass is 32.2. The second-order valence-corrected chi connectivity index (χ2v) is 8.80. The predicted octanol–water partition coefficient (Wildman–Crippen LogP) is 3.97. The van der Waals surface area contributed by atoms with Crippen LogP contribution in [-0.4, -0.2) is 47.6 Å². The van der Waals surface area contributed by atoms with Crippen molar-refractivity contribution < 1.29 is 9.53 Å². The summed E-state index contributed by atoms with van der Waals surface area (Å²) in [5, 5.41) is 2.83. The molecule has 23 heavy (non-hydrogen) atoms. The van der Waals surface area contributed by atoms with Gasteiger partial charge in [0.15, 0.2) is 0 Å². The number of thioether (sulfide) groups is 1. The SMILES string of the molecule is O=C(CSC1CCCC1)N(CCc1cccs1)C1CCOCC1. The minimum atomic E-state index is 0.338. The molecule has 1 amide bonds. The van der Waals surface area contributed by atoms with Crippen molar-refractivity contribution in [2.75, 3.05) is 25.5 Å². The van der Waals surface area contributed by atoms with Crippen LogP contribution in [0.5, 0.6) is 0 Å². The summed E-state index contributed by atoms with van der Waals surface area (Å²) in [5.74, 6) is 0.997. The quantitative estimate of drug-likeness (QED) is 0.743. The first-order valence-corrected chi connectivity index (χ1v) is 10.8. The van der Waals surface area contributed by atoms with E-state index in [-0.39, 0.29) is 0 Å². The molecule has 1 aromatic heterocycles. The Kier molecular flexibility index (Phi) is 6.84. The van der Waals surface area contributed by atoms with Gasteiger partial charge in [0.05, 0.1) is 5.75 Å². The maximum Gasteiger partial charge on any atom is 0.232 e. The lowest BCUT2D eigenvalue weighted by Crippen LogP contribution is -2.45. The standard InChI is InChI=1S/C18H27NO2S2/c20-18(14-23-16-4-1-2-5-16)19(15-8-11-21-12-9-15)10-7-17-6-3-13-22-17/h3,6,13,15-16H,1-2,4-5,7-12,14H2. The van der Waals surface area contributed by atoms with Gasteiger partial charge in [-0.05, 0) is 43.6 Å². The van der Waals surface area contributed by atoms with Crippen LogP contribution in [0, 0.1) is 0 Å². The van der Waals surface area contributed by atoms with Crippen LogP contribution in [0.15, 0.2) is 17.5 Å². The van der Waals surface area contributed by atoms with E-state index in [1.165, 1.54) is 30.6 Å². The number of hydrogen-bond acceptors (Lipinski definition) is 4. The molecule has 0 unspecified atom stereocenters. The second-order valence-electron chi connectivity index (χ2n) is 6.48. The zero-order chi connectivity index (χ0) is 15.9. The molecule has 2 heterocycles. The average molecular weight is 354 g/mol. The number of carbonyl (C=O) groups is 1. The third kappa shape index (κ3) is 5.23. The van der Waals surface area contributed by atoms with Crippen molar-refractivity contribution >= 4 is 29.0 Å². The summed E-state index contributed by atoms with van der Waals surface area (Å²) >= 11 is 3.68. The van der Waals surface area contributed by atoms with Gasteiger partial charge in [0.1, 0.15) is 0 Å². The first kappa shape index (κ1) is 17.3. The molecule has 1 saturated carbocycles.